The van der Waals surface area contributed by atoms with Gasteiger partial charge in [-0.25, -0.2) is 8.42 Å². The Morgan fingerprint density at radius 2 is 1.52 bits per heavy atom. The molecule has 0 spiro atoms. The van der Waals surface area contributed by atoms with Crippen molar-refractivity contribution in [2.45, 2.75) is 63.2 Å². The summed E-state index contributed by atoms with van der Waals surface area (Å²) in [6.07, 6.45) is 1.12. The van der Waals surface area contributed by atoms with E-state index in [2.05, 4.69) is 0 Å². The molecule has 3 rings (SSSR count). The molecule has 0 unspecified atom stereocenters. The van der Waals surface area contributed by atoms with Crippen LogP contribution in [0.25, 0.3) is 0 Å². The Morgan fingerprint density at radius 1 is 1.00 bits per heavy atom. The van der Waals surface area contributed by atoms with Crippen LogP contribution in [0.1, 0.15) is 41.5 Å². The molecule has 7 nitrogen and oxygen atoms in total. The monoisotopic (exact) mass is 395 g/mol. The maximum absolute atomic E-state index is 12.6. The molecule has 0 aromatic heterocycles. The second kappa shape index (κ2) is 5.72. The van der Waals surface area contributed by atoms with Crippen LogP contribution in [0.2, 0.25) is 0 Å². The highest BCUT2D eigenvalue weighted by Crippen LogP contribution is 2.41. The van der Waals surface area contributed by atoms with Gasteiger partial charge in [0.05, 0.1) is 21.8 Å². The number of carbonyl (C=O) groups excluding carboxylic acids is 1. The van der Waals surface area contributed by atoms with E-state index >= 15 is 0 Å². The largest absolute Gasteiger partial charge is 0.498 e. The van der Waals surface area contributed by atoms with E-state index < -0.39 is 33.8 Å². The molecule has 0 N–H and O–H groups in total. The van der Waals surface area contributed by atoms with E-state index in [-0.39, 0.29) is 10.8 Å². The number of anilines is 1. The van der Waals surface area contributed by atoms with E-state index in [1.165, 1.54) is 17.0 Å². The second-order valence-corrected chi connectivity index (χ2v) is 10.7. The molecule has 1 amide bonds. The third-order valence-corrected chi connectivity index (χ3v) is 6.64. The average Bonchev–Trinajstić information content (AvgIpc) is 2.71. The zero-order valence-electron chi connectivity index (χ0n) is 17.0. The summed E-state index contributed by atoms with van der Waals surface area (Å²) in [6, 6.07) is 2.96. The molecule has 0 bridgehead atoms. The number of fused-ring (bicyclic) bond motifs is 1. The Bertz CT molecular complexity index is 906. The van der Waals surface area contributed by atoms with Gasteiger partial charge >= 0.3 is 7.12 Å². The van der Waals surface area contributed by atoms with Crippen LogP contribution in [0.5, 0.6) is 5.75 Å². The number of hydrogen-bond donors (Lipinski definition) is 0. The van der Waals surface area contributed by atoms with E-state index in [0.29, 0.717) is 16.9 Å². The third kappa shape index (κ3) is 3.15. The lowest BCUT2D eigenvalue weighted by Crippen LogP contribution is -2.53. The highest BCUT2D eigenvalue weighted by atomic mass is 32.2. The second-order valence-electron chi connectivity index (χ2n) is 8.70. The highest BCUT2D eigenvalue weighted by Gasteiger charge is 2.54. The number of amides is 1. The van der Waals surface area contributed by atoms with Crippen molar-refractivity contribution in [2.24, 2.45) is 0 Å². The normalized spacial score (nSPS) is 23.2. The molecule has 1 saturated heterocycles. The first-order valence-electron chi connectivity index (χ1n) is 8.78. The number of nitrogens with zero attached hydrogens (tertiary/aromatic N) is 1. The molecule has 1 aromatic rings. The fraction of sp³-hybridized carbons (Fsp3) is 0.611. The van der Waals surface area contributed by atoms with Crippen LogP contribution in [0, 0.1) is 0 Å². The molecule has 27 heavy (non-hydrogen) atoms. The minimum Gasteiger partial charge on any atom is -0.476 e. The van der Waals surface area contributed by atoms with Crippen LogP contribution in [0.15, 0.2) is 17.0 Å². The predicted octanol–water partition coefficient (Wildman–Crippen LogP) is 1.52. The molecule has 0 saturated carbocycles. The fourth-order valence-electron chi connectivity index (χ4n) is 3.14. The van der Waals surface area contributed by atoms with E-state index in [4.69, 9.17) is 14.0 Å². The predicted molar refractivity (Wildman–Crippen MR) is 103 cm³/mol. The first-order valence-corrected chi connectivity index (χ1v) is 10.7. The van der Waals surface area contributed by atoms with Crippen LogP contribution < -0.4 is 15.1 Å². The first kappa shape index (κ1) is 20.2. The summed E-state index contributed by atoms with van der Waals surface area (Å²) in [6.45, 7) is 11.0. The number of benzene rings is 1. The molecule has 0 atom stereocenters. The van der Waals surface area contributed by atoms with E-state index in [1.807, 2.05) is 27.7 Å². The number of likely N-dealkylation sites (N-methyl/N-ethyl adjacent to an activating group) is 1. The van der Waals surface area contributed by atoms with E-state index in [0.717, 1.165) is 6.26 Å². The maximum atomic E-state index is 12.6. The Morgan fingerprint density at radius 3 is 2.00 bits per heavy atom. The molecule has 9 heteroatoms. The molecule has 2 aliphatic heterocycles. The molecule has 148 valence electrons. The highest BCUT2D eigenvalue weighted by molar-refractivity contribution is 7.90. The van der Waals surface area contributed by atoms with Gasteiger partial charge in [0.2, 0.25) is 0 Å². The van der Waals surface area contributed by atoms with Gasteiger partial charge in [-0.3, -0.25) is 4.79 Å². The van der Waals surface area contributed by atoms with Crippen molar-refractivity contribution in [2.75, 3.05) is 18.2 Å². The summed E-state index contributed by atoms with van der Waals surface area (Å²) >= 11 is 0. The van der Waals surface area contributed by atoms with Crippen LogP contribution in [-0.4, -0.2) is 51.5 Å². The van der Waals surface area contributed by atoms with E-state index in [9.17, 15) is 13.2 Å². The molecular formula is C18H26BNO6S. The Labute approximate surface area is 161 Å². The summed E-state index contributed by atoms with van der Waals surface area (Å²) in [5.74, 6) is 0.133. The van der Waals surface area contributed by atoms with Crippen molar-refractivity contribution < 1.29 is 27.3 Å². The summed E-state index contributed by atoms with van der Waals surface area (Å²) in [5.41, 5.74) is -1.45. The average molecular weight is 395 g/mol. The SMILES string of the molecule is CN1C(=O)C(C)(C)Oc2c(B3OC(C)(C)C(C)(C)O3)cc(S(C)(=O)=O)cc21. The van der Waals surface area contributed by atoms with Gasteiger partial charge in [-0.15, -0.1) is 0 Å². The standard InChI is InChI=1S/C18H26BNO6S/c1-16(2)15(21)20(7)13-10-11(27(8,22)23)9-12(14(13)24-16)19-25-17(3,4)18(5,6)26-19/h9-10H,1-8H3. The number of rotatable bonds is 2. The molecule has 0 aliphatic carbocycles. The zero-order valence-corrected chi connectivity index (χ0v) is 17.9. The van der Waals surface area contributed by atoms with Crippen molar-refractivity contribution in [1.82, 2.24) is 0 Å². The number of carbonyl (C=O) groups is 1. The lowest BCUT2D eigenvalue weighted by Gasteiger charge is -2.38. The minimum atomic E-state index is -3.52. The summed E-state index contributed by atoms with van der Waals surface area (Å²) in [5, 5.41) is 0. The number of ether oxygens (including phenoxy) is 1. The van der Waals surface area contributed by atoms with Gasteiger partial charge in [-0.2, -0.15) is 0 Å². The van der Waals surface area contributed by atoms with Gasteiger partial charge in [0.25, 0.3) is 5.91 Å². The Hall–Kier alpha value is -1.58. The number of sulfone groups is 1. The minimum absolute atomic E-state index is 0.0777. The summed E-state index contributed by atoms with van der Waals surface area (Å²) < 4.78 is 42.7. The van der Waals surface area contributed by atoms with Gasteiger partial charge in [0.1, 0.15) is 5.75 Å². The topological polar surface area (TPSA) is 82.1 Å². The molecule has 2 heterocycles. The molecule has 1 aromatic carbocycles. The summed E-state index contributed by atoms with van der Waals surface area (Å²) in [7, 11) is -2.73. The quantitative estimate of drug-likeness (QED) is 0.707. The molecular weight excluding hydrogens is 369 g/mol. The Balaban J connectivity index is 2.24. The smallest absolute Gasteiger partial charge is 0.476 e. The van der Waals surface area contributed by atoms with Gasteiger partial charge in [-0.1, -0.05) is 0 Å². The van der Waals surface area contributed by atoms with E-state index in [1.54, 1.807) is 20.9 Å². The summed E-state index contributed by atoms with van der Waals surface area (Å²) in [4.78, 5) is 14.1. The third-order valence-electron chi connectivity index (χ3n) is 5.55. The van der Waals surface area contributed by atoms with Gasteiger partial charge in [0, 0.05) is 18.8 Å². The van der Waals surface area contributed by atoms with Crippen molar-refractivity contribution in [3.8, 4) is 5.75 Å². The molecule has 1 fully saturated rings. The lowest BCUT2D eigenvalue weighted by atomic mass is 9.77. The first-order chi connectivity index (χ1) is 12.1. The van der Waals surface area contributed by atoms with Crippen molar-refractivity contribution in [3.63, 3.8) is 0 Å². The van der Waals surface area contributed by atoms with Gasteiger partial charge in [-0.05, 0) is 53.7 Å². The lowest BCUT2D eigenvalue weighted by molar-refractivity contribution is -0.132. The number of hydrogen-bond acceptors (Lipinski definition) is 6. The molecule has 2 aliphatic rings. The fourth-order valence-corrected chi connectivity index (χ4v) is 3.81. The maximum Gasteiger partial charge on any atom is 0.498 e. The van der Waals surface area contributed by atoms with Crippen molar-refractivity contribution in [3.05, 3.63) is 12.1 Å². The van der Waals surface area contributed by atoms with Crippen LogP contribution in [0.4, 0.5) is 5.69 Å². The molecule has 0 radical (unpaired) electrons. The van der Waals surface area contributed by atoms with Crippen molar-refractivity contribution in [1.29, 1.82) is 0 Å². The van der Waals surface area contributed by atoms with Crippen molar-refractivity contribution >= 4 is 34.0 Å². The van der Waals surface area contributed by atoms with Gasteiger partial charge in [0.15, 0.2) is 15.4 Å². The Kier molecular flexibility index (Phi) is 4.27. The van der Waals surface area contributed by atoms with Crippen LogP contribution >= 0.6 is 0 Å². The van der Waals surface area contributed by atoms with Crippen LogP contribution in [0.3, 0.4) is 0 Å². The van der Waals surface area contributed by atoms with Gasteiger partial charge < -0.3 is 18.9 Å². The van der Waals surface area contributed by atoms with Crippen LogP contribution in [-0.2, 0) is 23.9 Å². The zero-order chi connectivity index (χ0) is 20.6.